The van der Waals surface area contributed by atoms with Gasteiger partial charge < -0.3 is 29.9 Å². The van der Waals surface area contributed by atoms with Gasteiger partial charge in [0.2, 0.25) is 0 Å². The number of aromatic hydroxyl groups is 1. The number of fused-ring (bicyclic) bond motifs is 1. The fourth-order valence-electron chi connectivity index (χ4n) is 7.11. The highest BCUT2D eigenvalue weighted by Gasteiger charge is 2.37. The highest BCUT2D eigenvalue weighted by Crippen LogP contribution is 2.28. The van der Waals surface area contributed by atoms with Crippen molar-refractivity contribution in [3.63, 3.8) is 0 Å². The molecule has 12 nitrogen and oxygen atoms in total. The zero-order valence-corrected chi connectivity index (χ0v) is 28.8. The molecule has 14 heteroatoms. The third-order valence-corrected chi connectivity index (χ3v) is 12.2. The van der Waals surface area contributed by atoms with Gasteiger partial charge in [0.25, 0.3) is 5.91 Å². The number of rotatable bonds is 6. The van der Waals surface area contributed by atoms with Crippen molar-refractivity contribution in [2.45, 2.75) is 56.7 Å². The summed E-state index contributed by atoms with van der Waals surface area (Å²) in [6, 6.07) is 12.9. The molecular formula is C33H42BrN5O7S. The molecular weight excluding hydrogens is 690 g/mol. The fourth-order valence-corrected chi connectivity index (χ4v) is 8.77. The van der Waals surface area contributed by atoms with Crippen LogP contribution in [0.1, 0.15) is 36.8 Å². The Kier molecular flexibility index (Phi) is 10.3. The van der Waals surface area contributed by atoms with E-state index in [1.807, 2.05) is 29.2 Å². The van der Waals surface area contributed by atoms with Gasteiger partial charge in [-0.2, -0.15) is 0 Å². The number of benzene rings is 2. The van der Waals surface area contributed by atoms with Gasteiger partial charge in [-0.25, -0.2) is 18.0 Å². The number of piperidine rings is 2. The van der Waals surface area contributed by atoms with E-state index in [0.29, 0.717) is 63.1 Å². The SMILES string of the molecule is O=C(OC(Cc1ccc(O)c(Br)c1)C(=O)N1CCC(N2CCS(=O)(=O)CC2)CC1)N1CCC(N2CCc3ccccc3NC2=O)CC1. The number of likely N-dealkylation sites (tertiary alicyclic amines) is 2. The van der Waals surface area contributed by atoms with Crippen LogP contribution in [0.3, 0.4) is 0 Å². The molecule has 3 saturated heterocycles. The van der Waals surface area contributed by atoms with Gasteiger partial charge in [-0.05, 0) is 77.4 Å². The van der Waals surface area contributed by atoms with Crippen molar-refractivity contribution in [1.29, 1.82) is 0 Å². The summed E-state index contributed by atoms with van der Waals surface area (Å²) in [6.45, 7) is 3.43. The third-order valence-electron chi connectivity index (χ3n) is 9.93. The predicted molar refractivity (Wildman–Crippen MR) is 180 cm³/mol. The number of hydrogen-bond acceptors (Lipinski definition) is 8. The summed E-state index contributed by atoms with van der Waals surface area (Å²) in [5.74, 6) is 0.149. The predicted octanol–water partition coefficient (Wildman–Crippen LogP) is 3.48. The summed E-state index contributed by atoms with van der Waals surface area (Å²) >= 11 is 3.33. The molecule has 4 amide bonds. The number of hydrogen-bond donors (Lipinski definition) is 2. The molecule has 1 unspecified atom stereocenters. The molecule has 4 heterocycles. The Morgan fingerprint density at radius 3 is 2.28 bits per heavy atom. The summed E-state index contributed by atoms with van der Waals surface area (Å²) in [5.41, 5.74) is 2.67. The van der Waals surface area contributed by atoms with E-state index in [0.717, 1.165) is 36.1 Å². The first-order valence-electron chi connectivity index (χ1n) is 16.4. The lowest BCUT2D eigenvalue weighted by Crippen LogP contribution is -2.54. The second kappa shape index (κ2) is 14.4. The maximum Gasteiger partial charge on any atom is 0.410 e. The van der Waals surface area contributed by atoms with Gasteiger partial charge in [0.05, 0.1) is 16.0 Å². The Labute approximate surface area is 284 Å². The minimum atomic E-state index is -2.97. The molecule has 2 N–H and O–H groups in total. The molecule has 2 aromatic carbocycles. The molecule has 0 radical (unpaired) electrons. The minimum Gasteiger partial charge on any atom is -0.507 e. The number of phenolic OH excluding ortho intramolecular Hbond substituents is 1. The van der Waals surface area contributed by atoms with Gasteiger partial charge in [-0.3, -0.25) is 9.69 Å². The molecule has 254 valence electrons. The Bertz CT molecular complexity index is 1580. The molecule has 4 aliphatic heterocycles. The lowest BCUT2D eigenvalue weighted by atomic mass is 10.0. The van der Waals surface area contributed by atoms with E-state index in [1.54, 1.807) is 21.9 Å². The van der Waals surface area contributed by atoms with Crippen molar-refractivity contribution in [1.82, 2.24) is 19.6 Å². The first kappa shape index (κ1) is 33.5. The normalized spacial score (nSPS) is 21.8. The van der Waals surface area contributed by atoms with Crippen LogP contribution >= 0.6 is 15.9 Å². The van der Waals surface area contributed by atoms with E-state index in [4.69, 9.17) is 4.74 Å². The quantitative estimate of drug-likeness (QED) is 0.461. The summed E-state index contributed by atoms with van der Waals surface area (Å²) in [5, 5.41) is 13.0. The summed E-state index contributed by atoms with van der Waals surface area (Å²) in [4.78, 5) is 47.9. The molecule has 6 rings (SSSR count). The van der Waals surface area contributed by atoms with Crippen LogP contribution in [0.25, 0.3) is 0 Å². The Hall–Kier alpha value is -3.36. The number of sulfone groups is 1. The van der Waals surface area contributed by atoms with E-state index in [9.17, 15) is 27.9 Å². The minimum absolute atomic E-state index is 0.0126. The second-order valence-electron chi connectivity index (χ2n) is 12.9. The molecule has 0 bridgehead atoms. The molecule has 0 aliphatic carbocycles. The Morgan fingerprint density at radius 1 is 0.915 bits per heavy atom. The first-order chi connectivity index (χ1) is 22.6. The van der Waals surface area contributed by atoms with Gasteiger partial charge in [-0.15, -0.1) is 0 Å². The van der Waals surface area contributed by atoms with Gasteiger partial charge in [-0.1, -0.05) is 24.3 Å². The van der Waals surface area contributed by atoms with Gasteiger partial charge in [0.15, 0.2) is 15.9 Å². The number of ether oxygens (including phenoxy) is 1. The van der Waals surface area contributed by atoms with E-state index < -0.39 is 22.0 Å². The number of anilines is 1. The molecule has 0 spiro atoms. The van der Waals surface area contributed by atoms with Crippen molar-refractivity contribution in [3.8, 4) is 5.75 Å². The number of nitrogens with zero attached hydrogens (tertiary/aromatic N) is 4. The second-order valence-corrected chi connectivity index (χ2v) is 16.0. The van der Waals surface area contributed by atoms with Crippen LogP contribution in [-0.4, -0.2) is 127 Å². The maximum atomic E-state index is 13.9. The number of nitrogens with one attached hydrogen (secondary N) is 1. The Morgan fingerprint density at radius 2 is 1.57 bits per heavy atom. The van der Waals surface area contributed by atoms with Crippen LogP contribution in [0.15, 0.2) is 46.9 Å². The summed E-state index contributed by atoms with van der Waals surface area (Å²) in [6.07, 6.45) is 1.95. The van der Waals surface area contributed by atoms with E-state index in [2.05, 4.69) is 26.1 Å². The standard InChI is InChI=1S/C33H42BrN5O7S/c34-27-21-23(5-6-29(27)40)22-30(31(41)37-12-8-25(9-13-37)36-17-19-47(44,45)20-18-36)46-33(43)38-14-10-26(11-15-38)39-16-7-24-3-1-2-4-28(24)35-32(39)42/h1-6,21,25-26,30,40H,7-20,22H2,(H,35,42). The van der Waals surface area contributed by atoms with Crippen molar-refractivity contribution in [2.24, 2.45) is 0 Å². The lowest BCUT2D eigenvalue weighted by Gasteiger charge is -2.41. The van der Waals surface area contributed by atoms with E-state index >= 15 is 0 Å². The summed E-state index contributed by atoms with van der Waals surface area (Å²) < 4.78 is 30.2. The first-order valence-corrected chi connectivity index (χ1v) is 19.0. The zero-order chi connectivity index (χ0) is 33.1. The number of urea groups is 1. The van der Waals surface area contributed by atoms with Crippen LogP contribution in [-0.2, 0) is 32.2 Å². The van der Waals surface area contributed by atoms with Gasteiger partial charge >= 0.3 is 12.1 Å². The van der Waals surface area contributed by atoms with Crippen LogP contribution in [0, 0.1) is 0 Å². The summed E-state index contributed by atoms with van der Waals surface area (Å²) in [7, 11) is -2.97. The topological polar surface area (TPSA) is 140 Å². The fraction of sp³-hybridized carbons (Fsp3) is 0.545. The number of phenols is 1. The van der Waals surface area contributed by atoms with Crippen molar-refractivity contribution < 1.29 is 32.6 Å². The zero-order valence-electron chi connectivity index (χ0n) is 26.4. The lowest BCUT2D eigenvalue weighted by molar-refractivity contribution is -0.142. The highest BCUT2D eigenvalue weighted by molar-refractivity contribution is 9.10. The molecule has 0 saturated carbocycles. The number of carbonyl (C=O) groups excluding carboxylic acids is 3. The number of halogens is 1. The molecule has 47 heavy (non-hydrogen) atoms. The molecule has 0 aromatic heterocycles. The van der Waals surface area contributed by atoms with Crippen molar-refractivity contribution in [3.05, 3.63) is 58.1 Å². The number of amides is 4. The average Bonchev–Trinajstić information content (AvgIpc) is 3.24. The van der Waals surface area contributed by atoms with Crippen LogP contribution in [0.4, 0.5) is 15.3 Å². The van der Waals surface area contributed by atoms with Gasteiger partial charge in [0.1, 0.15) is 5.75 Å². The van der Waals surface area contributed by atoms with E-state index in [1.165, 1.54) is 6.07 Å². The highest BCUT2D eigenvalue weighted by atomic mass is 79.9. The smallest absolute Gasteiger partial charge is 0.410 e. The van der Waals surface area contributed by atoms with Crippen molar-refractivity contribution in [2.75, 3.05) is 62.6 Å². The largest absolute Gasteiger partial charge is 0.507 e. The molecule has 4 aliphatic rings. The number of carbonyl (C=O) groups is 3. The molecule has 1 atom stereocenters. The average molecular weight is 733 g/mol. The molecule has 2 aromatic rings. The number of para-hydroxylation sites is 1. The van der Waals surface area contributed by atoms with Crippen molar-refractivity contribution >= 4 is 49.5 Å². The van der Waals surface area contributed by atoms with Gasteiger partial charge in [0, 0.05) is 70.0 Å². The Balaban J connectivity index is 1.07. The van der Waals surface area contributed by atoms with E-state index in [-0.39, 0.29) is 47.7 Å². The molecule has 3 fully saturated rings. The maximum absolute atomic E-state index is 13.9. The monoisotopic (exact) mass is 731 g/mol. The van der Waals surface area contributed by atoms with Crippen LogP contribution < -0.4 is 5.32 Å². The van der Waals surface area contributed by atoms with Crippen LogP contribution in [0.5, 0.6) is 5.75 Å². The van der Waals surface area contributed by atoms with Crippen LogP contribution in [0.2, 0.25) is 0 Å². The third kappa shape index (κ3) is 8.03.